The monoisotopic (exact) mass is 397 g/mol. The Labute approximate surface area is 168 Å². The van der Waals surface area contributed by atoms with Crippen LogP contribution in [-0.2, 0) is 0 Å². The molecule has 1 atom stereocenters. The average Bonchev–Trinajstić information content (AvgIpc) is 3.55. The van der Waals surface area contributed by atoms with E-state index in [2.05, 4.69) is 15.3 Å². The van der Waals surface area contributed by atoms with Gasteiger partial charge in [-0.1, -0.05) is 23.9 Å². The standard InChI is InChI=1S/C21H23N3O3S/c1-26-16-8-10-17(11-9-16)27-12-15(25)13-28-21-23-19-5-3-2-4-18(19)20(24-21)22-14-6-7-14/h2-5,8-11,14-15,25H,6-7,12-13H2,1H3,(H,22,23,24). The SMILES string of the molecule is COc1ccc(OCC(O)CSc2nc(NC3CC3)c3ccccc3n2)cc1. The number of nitrogens with one attached hydrogen (secondary N) is 1. The first-order valence-electron chi connectivity index (χ1n) is 9.32. The van der Waals surface area contributed by atoms with E-state index in [1.165, 1.54) is 24.6 Å². The van der Waals surface area contributed by atoms with Crippen LogP contribution in [0.25, 0.3) is 10.9 Å². The fourth-order valence-electron chi connectivity index (χ4n) is 2.73. The first-order valence-corrected chi connectivity index (χ1v) is 10.3. The summed E-state index contributed by atoms with van der Waals surface area (Å²) in [6, 6.07) is 15.8. The van der Waals surface area contributed by atoms with Crippen LogP contribution in [0.5, 0.6) is 11.5 Å². The quantitative estimate of drug-likeness (QED) is 0.421. The molecule has 1 fully saturated rings. The number of fused-ring (bicyclic) bond motifs is 1. The van der Waals surface area contributed by atoms with Gasteiger partial charge in [-0.3, -0.25) is 0 Å². The van der Waals surface area contributed by atoms with Crippen LogP contribution < -0.4 is 14.8 Å². The lowest BCUT2D eigenvalue weighted by Gasteiger charge is -2.13. The van der Waals surface area contributed by atoms with E-state index in [-0.39, 0.29) is 6.61 Å². The van der Waals surface area contributed by atoms with Crippen molar-refractivity contribution in [3.05, 3.63) is 48.5 Å². The molecule has 1 aliphatic carbocycles. The highest BCUT2D eigenvalue weighted by molar-refractivity contribution is 7.99. The molecule has 0 aliphatic heterocycles. The Balaban J connectivity index is 1.36. The van der Waals surface area contributed by atoms with Gasteiger partial charge in [0.25, 0.3) is 0 Å². The molecule has 1 aromatic heterocycles. The number of nitrogens with zero attached hydrogens (tertiary/aromatic N) is 2. The number of ether oxygens (including phenoxy) is 2. The molecule has 1 heterocycles. The topological polar surface area (TPSA) is 76.5 Å². The summed E-state index contributed by atoms with van der Waals surface area (Å²) < 4.78 is 10.8. The van der Waals surface area contributed by atoms with E-state index in [0.717, 1.165) is 22.5 Å². The summed E-state index contributed by atoms with van der Waals surface area (Å²) in [7, 11) is 1.62. The summed E-state index contributed by atoms with van der Waals surface area (Å²) in [5, 5.41) is 15.4. The van der Waals surface area contributed by atoms with Gasteiger partial charge in [0, 0.05) is 17.2 Å². The molecule has 6 nitrogen and oxygen atoms in total. The maximum atomic E-state index is 10.3. The Kier molecular flexibility index (Phi) is 5.83. The Morgan fingerprint density at radius 1 is 1.11 bits per heavy atom. The number of aliphatic hydroxyl groups excluding tert-OH is 1. The molecule has 1 saturated carbocycles. The normalized spacial score (nSPS) is 14.6. The largest absolute Gasteiger partial charge is 0.497 e. The zero-order valence-corrected chi connectivity index (χ0v) is 16.5. The summed E-state index contributed by atoms with van der Waals surface area (Å²) in [5.74, 6) is 2.80. The number of hydrogen-bond acceptors (Lipinski definition) is 7. The fraction of sp³-hybridized carbons (Fsp3) is 0.333. The third-order valence-corrected chi connectivity index (χ3v) is 5.40. The lowest BCUT2D eigenvalue weighted by Crippen LogP contribution is -2.20. The molecular formula is C21H23N3O3S. The number of benzene rings is 2. The zero-order chi connectivity index (χ0) is 19.3. The van der Waals surface area contributed by atoms with Crippen LogP contribution in [0, 0.1) is 0 Å². The Bertz CT molecular complexity index is 932. The van der Waals surface area contributed by atoms with E-state index in [1.807, 2.05) is 48.5 Å². The van der Waals surface area contributed by atoms with Gasteiger partial charge in [0.2, 0.25) is 0 Å². The van der Waals surface area contributed by atoms with Gasteiger partial charge in [-0.25, -0.2) is 9.97 Å². The molecule has 7 heteroatoms. The third-order valence-electron chi connectivity index (χ3n) is 4.41. The van der Waals surface area contributed by atoms with Crippen molar-refractivity contribution in [1.29, 1.82) is 0 Å². The first kappa shape index (κ1) is 18.8. The predicted octanol–water partition coefficient (Wildman–Crippen LogP) is 3.74. The molecule has 0 radical (unpaired) electrons. The predicted molar refractivity (Wildman–Crippen MR) is 111 cm³/mol. The van der Waals surface area contributed by atoms with Crippen molar-refractivity contribution < 1.29 is 14.6 Å². The number of aliphatic hydroxyl groups is 1. The Hall–Kier alpha value is -2.51. The number of hydrogen-bond donors (Lipinski definition) is 2. The highest BCUT2D eigenvalue weighted by Gasteiger charge is 2.23. The van der Waals surface area contributed by atoms with E-state index in [0.29, 0.717) is 22.7 Å². The van der Waals surface area contributed by atoms with Gasteiger partial charge in [-0.2, -0.15) is 0 Å². The van der Waals surface area contributed by atoms with Gasteiger partial charge in [0.1, 0.15) is 23.9 Å². The van der Waals surface area contributed by atoms with Crippen molar-refractivity contribution in [2.45, 2.75) is 30.1 Å². The van der Waals surface area contributed by atoms with Crippen LogP contribution in [0.2, 0.25) is 0 Å². The summed E-state index contributed by atoms with van der Waals surface area (Å²) in [6.45, 7) is 0.208. The van der Waals surface area contributed by atoms with Crippen LogP contribution in [0.3, 0.4) is 0 Å². The molecule has 2 N–H and O–H groups in total. The van der Waals surface area contributed by atoms with Crippen LogP contribution in [0.4, 0.5) is 5.82 Å². The zero-order valence-electron chi connectivity index (χ0n) is 15.7. The fourth-order valence-corrected chi connectivity index (χ4v) is 3.49. The number of aromatic nitrogens is 2. The Morgan fingerprint density at radius 2 is 1.86 bits per heavy atom. The Morgan fingerprint density at radius 3 is 2.61 bits per heavy atom. The molecule has 146 valence electrons. The van der Waals surface area contributed by atoms with E-state index < -0.39 is 6.10 Å². The van der Waals surface area contributed by atoms with Crippen molar-refractivity contribution in [2.24, 2.45) is 0 Å². The van der Waals surface area contributed by atoms with Gasteiger partial charge >= 0.3 is 0 Å². The maximum Gasteiger partial charge on any atom is 0.190 e. The van der Waals surface area contributed by atoms with Gasteiger partial charge in [-0.15, -0.1) is 0 Å². The van der Waals surface area contributed by atoms with Crippen molar-refractivity contribution in [2.75, 3.05) is 24.8 Å². The lowest BCUT2D eigenvalue weighted by molar-refractivity contribution is 0.126. The molecule has 4 rings (SSSR count). The maximum absolute atomic E-state index is 10.3. The molecule has 2 aromatic carbocycles. The highest BCUT2D eigenvalue weighted by Crippen LogP contribution is 2.30. The smallest absolute Gasteiger partial charge is 0.190 e. The third kappa shape index (κ3) is 4.85. The molecule has 0 saturated heterocycles. The molecule has 0 bridgehead atoms. The van der Waals surface area contributed by atoms with Crippen LogP contribution in [-0.4, -0.2) is 46.7 Å². The van der Waals surface area contributed by atoms with E-state index in [4.69, 9.17) is 9.47 Å². The van der Waals surface area contributed by atoms with Crippen LogP contribution in [0.1, 0.15) is 12.8 Å². The van der Waals surface area contributed by atoms with Gasteiger partial charge < -0.3 is 19.9 Å². The summed E-state index contributed by atoms with van der Waals surface area (Å²) in [4.78, 5) is 9.28. The van der Waals surface area contributed by atoms with Gasteiger partial charge in [-0.05, 0) is 49.2 Å². The number of methoxy groups -OCH3 is 1. The second-order valence-electron chi connectivity index (χ2n) is 6.74. The minimum absolute atomic E-state index is 0.208. The second kappa shape index (κ2) is 8.67. The lowest BCUT2D eigenvalue weighted by atomic mass is 10.2. The highest BCUT2D eigenvalue weighted by atomic mass is 32.2. The second-order valence-corrected chi connectivity index (χ2v) is 7.73. The van der Waals surface area contributed by atoms with Crippen molar-refractivity contribution in [3.63, 3.8) is 0 Å². The minimum atomic E-state index is -0.623. The van der Waals surface area contributed by atoms with Crippen LogP contribution in [0.15, 0.2) is 53.7 Å². The summed E-state index contributed by atoms with van der Waals surface area (Å²) in [6.07, 6.45) is 1.74. The van der Waals surface area contributed by atoms with Crippen molar-refractivity contribution >= 4 is 28.5 Å². The molecule has 1 aliphatic rings. The molecule has 0 amide bonds. The van der Waals surface area contributed by atoms with Crippen molar-refractivity contribution in [3.8, 4) is 11.5 Å². The van der Waals surface area contributed by atoms with Gasteiger partial charge in [0.15, 0.2) is 5.16 Å². The van der Waals surface area contributed by atoms with Gasteiger partial charge in [0.05, 0.1) is 18.7 Å². The number of thioether (sulfide) groups is 1. The summed E-state index contributed by atoms with van der Waals surface area (Å²) in [5.41, 5.74) is 0.909. The molecule has 28 heavy (non-hydrogen) atoms. The molecule has 1 unspecified atom stereocenters. The summed E-state index contributed by atoms with van der Waals surface area (Å²) >= 11 is 1.43. The molecule has 0 spiro atoms. The van der Waals surface area contributed by atoms with E-state index >= 15 is 0 Å². The number of anilines is 1. The van der Waals surface area contributed by atoms with E-state index in [1.54, 1.807) is 7.11 Å². The van der Waals surface area contributed by atoms with Crippen LogP contribution >= 0.6 is 11.8 Å². The number of rotatable bonds is 9. The minimum Gasteiger partial charge on any atom is -0.497 e. The van der Waals surface area contributed by atoms with Crippen molar-refractivity contribution in [1.82, 2.24) is 9.97 Å². The van der Waals surface area contributed by atoms with E-state index in [9.17, 15) is 5.11 Å². The molecular weight excluding hydrogens is 374 g/mol. The first-order chi connectivity index (χ1) is 13.7. The number of para-hydroxylation sites is 1. The molecule has 3 aromatic rings. The average molecular weight is 398 g/mol.